The fraction of sp³-hybridized carbons (Fsp3) is 0.933. The Bertz CT molecular complexity index is 292. The zero-order valence-electron chi connectivity index (χ0n) is 13.3. The van der Waals surface area contributed by atoms with Crippen molar-refractivity contribution < 1.29 is 9.53 Å². The van der Waals surface area contributed by atoms with Crippen LogP contribution in [-0.4, -0.2) is 42.8 Å². The Hall–Kier alpha value is -0.610. The molecule has 0 spiro atoms. The van der Waals surface area contributed by atoms with Crippen LogP contribution in [0.5, 0.6) is 0 Å². The summed E-state index contributed by atoms with van der Waals surface area (Å²) in [5.41, 5.74) is 0. The van der Waals surface area contributed by atoms with E-state index in [0.717, 1.165) is 12.8 Å². The van der Waals surface area contributed by atoms with Gasteiger partial charge in [-0.3, -0.25) is 10.1 Å². The molecule has 0 saturated carbocycles. The van der Waals surface area contributed by atoms with E-state index >= 15 is 0 Å². The van der Waals surface area contributed by atoms with Crippen molar-refractivity contribution in [2.45, 2.75) is 65.7 Å². The van der Waals surface area contributed by atoms with Gasteiger partial charge >= 0.3 is 0 Å². The maximum Gasteiger partial charge on any atom is 0.241 e. The highest BCUT2D eigenvalue weighted by molar-refractivity contribution is 5.84. The van der Waals surface area contributed by atoms with E-state index < -0.39 is 0 Å². The molecule has 3 atom stereocenters. The minimum atomic E-state index is -0.0249. The van der Waals surface area contributed by atoms with Gasteiger partial charge in [0.2, 0.25) is 5.91 Å². The fourth-order valence-electron chi connectivity index (χ4n) is 2.83. The van der Waals surface area contributed by atoms with Gasteiger partial charge in [-0.1, -0.05) is 27.7 Å². The van der Waals surface area contributed by atoms with Crippen molar-refractivity contribution in [1.82, 2.24) is 10.2 Å². The van der Waals surface area contributed by atoms with E-state index in [9.17, 15) is 4.79 Å². The molecule has 112 valence electrons. The van der Waals surface area contributed by atoms with Crippen molar-refractivity contribution in [1.29, 1.82) is 0 Å². The summed E-state index contributed by atoms with van der Waals surface area (Å²) in [6, 6.07) is 0.106. The van der Waals surface area contributed by atoms with E-state index in [0.29, 0.717) is 18.4 Å². The van der Waals surface area contributed by atoms with Crippen LogP contribution in [0.1, 0.15) is 47.5 Å². The molecule has 0 aromatic heterocycles. The Morgan fingerprint density at radius 3 is 2.21 bits per heavy atom. The number of amides is 1. The summed E-state index contributed by atoms with van der Waals surface area (Å²) in [6.07, 6.45) is 2.05. The van der Waals surface area contributed by atoms with Crippen molar-refractivity contribution >= 4 is 5.91 Å². The third-order valence-corrected chi connectivity index (χ3v) is 3.57. The number of carbonyl (C=O) groups excluding carboxylic acids is 1. The summed E-state index contributed by atoms with van der Waals surface area (Å²) in [4.78, 5) is 14.6. The van der Waals surface area contributed by atoms with Crippen molar-refractivity contribution in [3.8, 4) is 0 Å². The number of hydrogen-bond acceptors (Lipinski definition) is 3. The smallest absolute Gasteiger partial charge is 0.241 e. The van der Waals surface area contributed by atoms with Crippen LogP contribution in [0.25, 0.3) is 0 Å². The van der Waals surface area contributed by atoms with E-state index in [1.807, 2.05) is 4.90 Å². The van der Waals surface area contributed by atoms with E-state index in [1.165, 1.54) is 0 Å². The van der Waals surface area contributed by atoms with E-state index in [-0.39, 0.29) is 24.2 Å². The lowest BCUT2D eigenvalue weighted by molar-refractivity contribution is -0.133. The number of methoxy groups -OCH3 is 1. The van der Waals surface area contributed by atoms with Crippen LogP contribution in [0.4, 0.5) is 0 Å². The lowest BCUT2D eigenvalue weighted by Crippen LogP contribution is -2.45. The first-order chi connectivity index (χ1) is 8.86. The van der Waals surface area contributed by atoms with Crippen LogP contribution < -0.4 is 5.32 Å². The summed E-state index contributed by atoms with van der Waals surface area (Å²) in [5.74, 6) is 1.34. The molecule has 4 nitrogen and oxygen atoms in total. The minimum absolute atomic E-state index is 0.0249. The van der Waals surface area contributed by atoms with Crippen molar-refractivity contribution in [2.24, 2.45) is 11.8 Å². The van der Waals surface area contributed by atoms with E-state index in [1.54, 1.807) is 7.11 Å². The van der Waals surface area contributed by atoms with Crippen molar-refractivity contribution in [2.75, 3.05) is 13.7 Å². The first-order valence-corrected chi connectivity index (χ1v) is 7.44. The molecule has 1 saturated heterocycles. The second-order valence-electron chi connectivity index (χ2n) is 6.54. The zero-order chi connectivity index (χ0) is 14.6. The van der Waals surface area contributed by atoms with E-state index in [4.69, 9.17) is 4.74 Å². The maximum absolute atomic E-state index is 12.6. The lowest BCUT2D eigenvalue weighted by atomic mass is 10.0. The largest absolute Gasteiger partial charge is 0.383 e. The summed E-state index contributed by atoms with van der Waals surface area (Å²) in [6.45, 7) is 11.4. The normalized spacial score (nSPS) is 25.7. The van der Waals surface area contributed by atoms with Gasteiger partial charge in [-0.15, -0.1) is 0 Å². The average Bonchev–Trinajstić information content (AvgIpc) is 2.54. The monoisotopic (exact) mass is 270 g/mol. The number of ether oxygens (including phenoxy) is 1. The molecule has 1 aliphatic rings. The molecule has 1 N–H and O–H groups in total. The van der Waals surface area contributed by atoms with Gasteiger partial charge in [-0.25, -0.2) is 0 Å². The number of carbonyl (C=O) groups is 1. The molecule has 0 aromatic rings. The Morgan fingerprint density at radius 1 is 1.16 bits per heavy atom. The Balaban J connectivity index is 2.78. The van der Waals surface area contributed by atoms with Gasteiger partial charge in [0.25, 0.3) is 0 Å². The average molecular weight is 270 g/mol. The third kappa shape index (κ3) is 4.46. The summed E-state index contributed by atoms with van der Waals surface area (Å²) in [7, 11) is 1.69. The van der Waals surface area contributed by atoms with Gasteiger partial charge in [-0.05, 0) is 31.6 Å². The molecule has 1 heterocycles. The highest BCUT2D eigenvalue weighted by atomic mass is 16.5. The van der Waals surface area contributed by atoms with E-state index in [2.05, 4.69) is 39.9 Å². The van der Waals surface area contributed by atoms with Crippen LogP contribution in [-0.2, 0) is 9.53 Å². The molecule has 1 fully saturated rings. The molecule has 4 heteroatoms. The second kappa shape index (κ2) is 7.25. The summed E-state index contributed by atoms with van der Waals surface area (Å²) in [5, 5.41) is 3.51. The third-order valence-electron chi connectivity index (χ3n) is 3.57. The second-order valence-corrected chi connectivity index (χ2v) is 6.54. The first kappa shape index (κ1) is 16.4. The highest BCUT2D eigenvalue weighted by Gasteiger charge is 2.41. The Kier molecular flexibility index (Phi) is 6.27. The van der Waals surface area contributed by atoms with Gasteiger partial charge in [0.05, 0.1) is 24.9 Å². The predicted octanol–water partition coefficient (Wildman–Crippen LogP) is 2.24. The molecule has 0 bridgehead atoms. The highest BCUT2D eigenvalue weighted by Crippen LogP contribution is 2.23. The summed E-state index contributed by atoms with van der Waals surface area (Å²) < 4.78 is 5.21. The van der Waals surface area contributed by atoms with Gasteiger partial charge < -0.3 is 9.64 Å². The Morgan fingerprint density at radius 2 is 1.74 bits per heavy atom. The topological polar surface area (TPSA) is 41.6 Å². The van der Waals surface area contributed by atoms with Crippen LogP contribution in [0, 0.1) is 11.8 Å². The van der Waals surface area contributed by atoms with Crippen LogP contribution in [0.3, 0.4) is 0 Å². The molecule has 1 amide bonds. The SMILES string of the molecule is COCC(C)N1C(=O)C(CC(C)C)NC1CC(C)C. The lowest BCUT2D eigenvalue weighted by Gasteiger charge is -2.30. The standard InChI is InChI=1S/C15H30N2O2/c1-10(2)7-13-15(18)17(12(5)9-19-6)14(16-13)8-11(3)4/h10-14,16H,7-9H2,1-6H3. The Labute approximate surface area is 117 Å². The van der Waals surface area contributed by atoms with Gasteiger partial charge in [0.1, 0.15) is 0 Å². The molecule has 1 aliphatic heterocycles. The summed E-state index contributed by atoms with van der Waals surface area (Å²) >= 11 is 0. The molecule has 1 rings (SSSR count). The maximum atomic E-state index is 12.6. The molecular formula is C15H30N2O2. The molecule has 0 radical (unpaired) electrons. The minimum Gasteiger partial charge on any atom is -0.383 e. The number of nitrogens with zero attached hydrogens (tertiary/aromatic N) is 1. The molecule has 19 heavy (non-hydrogen) atoms. The van der Waals surface area contributed by atoms with Crippen molar-refractivity contribution in [3.05, 3.63) is 0 Å². The number of nitrogens with one attached hydrogen (secondary N) is 1. The molecule has 0 aromatic carbocycles. The van der Waals surface area contributed by atoms with Gasteiger partial charge in [-0.2, -0.15) is 0 Å². The molecule has 0 aliphatic carbocycles. The van der Waals surface area contributed by atoms with Crippen LogP contribution in [0.15, 0.2) is 0 Å². The first-order valence-electron chi connectivity index (χ1n) is 7.44. The van der Waals surface area contributed by atoms with Gasteiger partial charge in [0, 0.05) is 7.11 Å². The zero-order valence-corrected chi connectivity index (χ0v) is 13.3. The van der Waals surface area contributed by atoms with Gasteiger partial charge in [0.15, 0.2) is 0 Å². The fourth-order valence-corrected chi connectivity index (χ4v) is 2.83. The molecule has 3 unspecified atom stereocenters. The number of hydrogen-bond donors (Lipinski definition) is 1. The predicted molar refractivity (Wildman–Crippen MR) is 77.8 cm³/mol. The van der Waals surface area contributed by atoms with Crippen LogP contribution >= 0.6 is 0 Å². The van der Waals surface area contributed by atoms with Crippen molar-refractivity contribution in [3.63, 3.8) is 0 Å². The number of rotatable bonds is 7. The quantitative estimate of drug-likeness (QED) is 0.771. The molecular weight excluding hydrogens is 240 g/mol. The van der Waals surface area contributed by atoms with Crippen LogP contribution in [0.2, 0.25) is 0 Å².